The Morgan fingerprint density at radius 1 is 1.58 bits per heavy atom. The van der Waals surface area contributed by atoms with Gasteiger partial charge >= 0.3 is 0 Å². The summed E-state index contributed by atoms with van der Waals surface area (Å²) in [4.78, 5) is 3.59. The zero-order chi connectivity index (χ0) is 9.30. The molecule has 0 saturated heterocycles. The molecule has 0 fully saturated rings. The van der Waals surface area contributed by atoms with Crippen LogP contribution in [0.15, 0.2) is 6.20 Å². The minimum Gasteiger partial charge on any atom is -0.506 e. The maximum absolute atomic E-state index is 12.2. The molecular formula is C6H3ClF2INO. The molecule has 66 valence electrons. The Morgan fingerprint density at radius 2 is 2.17 bits per heavy atom. The van der Waals surface area contributed by atoms with Crippen molar-refractivity contribution >= 4 is 34.2 Å². The molecule has 0 aliphatic carbocycles. The largest absolute Gasteiger partial charge is 0.506 e. The van der Waals surface area contributed by atoms with Crippen molar-refractivity contribution in [3.05, 3.63) is 20.5 Å². The Morgan fingerprint density at radius 3 is 2.58 bits per heavy atom. The molecule has 1 aromatic heterocycles. The summed E-state index contributed by atoms with van der Waals surface area (Å²) in [6, 6.07) is 0. The van der Waals surface area contributed by atoms with Crippen molar-refractivity contribution in [1.82, 2.24) is 4.98 Å². The molecule has 1 N–H and O–H groups in total. The van der Waals surface area contributed by atoms with Crippen LogP contribution >= 0.6 is 34.2 Å². The third kappa shape index (κ3) is 1.77. The smallest absolute Gasteiger partial charge is 0.269 e. The Labute approximate surface area is 85.7 Å². The van der Waals surface area contributed by atoms with E-state index in [9.17, 15) is 8.78 Å². The van der Waals surface area contributed by atoms with E-state index >= 15 is 0 Å². The molecule has 1 aromatic rings. The van der Waals surface area contributed by atoms with Gasteiger partial charge in [-0.2, -0.15) is 0 Å². The number of halogens is 4. The van der Waals surface area contributed by atoms with Gasteiger partial charge in [0, 0.05) is 0 Å². The van der Waals surface area contributed by atoms with Gasteiger partial charge in [-0.1, -0.05) is 11.6 Å². The van der Waals surface area contributed by atoms with Gasteiger partial charge in [-0.05, 0) is 22.6 Å². The van der Waals surface area contributed by atoms with Gasteiger partial charge in [0.05, 0.1) is 16.8 Å². The highest BCUT2D eigenvalue weighted by molar-refractivity contribution is 14.1. The highest BCUT2D eigenvalue weighted by atomic mass is 127. The minimum atomic E-state index is -2.78. The number of pyridine rings is 1. The average Bonchev–Trinajstić information content (AvgIpc) is 1.97. The molecule has 0 aromatic carbocycles. The SMILES string of the molecule is Oc1cnc(I)c(Cl)c1C(F)F. The van der Waals surface area contributed by atoms with Crippen molar-refractivity contribution in [2.24, 2.45) is 0 Å². The van der Waals surface area contributed by atoms with Gasteiger partial charge < -0.3 is 5.11 Å². The molecule has 0 aliphatic heterocycles. The van der Waals surface area contributed by atoms with Crippen LogP contribution in [-0.2, 0) is 0 Å². The molecule has 0 saturated carbocycles. The van der Waals surface area contributed by atoms with Gasteiger partial charge in [-0.25, -0.2) is 13.8 Å². The Balaban J connectivity index is 3.33. The second kappa shape index (κ2) is 3.69. The third-order valence-electron chi connectivity index (χ3n) is 1.21. The zero-order valence-electron chi connectivity index (χ0n) is 5.56. The fourth-order valence-corrected chi connectivity index (χ4v) is 1.33. The van der Waals surface area contributed by atoms with Crippen LogP contribution in [0.4, 0.5) is 8.78 Å². The molecule has 1 rings (SSSR count). The van der Waals surface area contributed by atoms with Crippen LogP contribution in [0.1, 0.15) is 12.0 Å². The number of aromatic hydroxyl groups is 1. The van der Waals surface area contributed by atoms with Crippen LogP contribution < -0.4 is 0 Å². The Kier molecular flexibility index (Phi) is 3.05. The van der Waals surface area contributed by atoms with Gasteiger partial charge in [0.2, 0.25) is 0 Å². The van der Waals surface area contributed by atoms with E-state index in [1.165, 1.54) is 0 Å². The van der Waals surface area contributed by atoms with Gasteiger partial charge in [0.1, 0.15) is 9.45 Å². The number of hydrogen-bond donors (Lipinski definition) is 1. The summed E-state index contributed by atoms with van der Waals surface area (Å²) >= 11 is 7.20. The maximum Gasteiger partial charge on any atom is 0.269 e. The number of aromatic nitrogens is 1. The van der Waals surface area contributed by atoms with Crippen LogP contribution in [0.25, 0.3) is 0 Å². The maximum atomic E-state index is 12.2. The van der Waals surface area contributed by atoms with Crippen molar-refractivity contribution in [3.8, 4) is 5.75 Å². The normalized spacial score (nSPS) is 10.8. The lowest BCUT2D eigenvalue weighted by Crippen LogP contribution is -1.92. The van der Waals surface area contributed by atoms with E-state index in [1.807, 2.05) is 0 Å². The summed E-state index contributed by atoms with van der Waals surface area (Å²) in [6.45, 7) is 0. The van der Waals surface area contributed by atoms with E-state index in [0.29, 0.717) is 0 Å². The average molecular weight is 305 g/mol. The van der Waals surface area contributed by atoms with E-state index in [2.05, 4.69) is 4.98 Å². The summed E-state index contributed by atoms with van der Waals surface area (Å²) in [5.41, 5.74) is -0.559. The third-order valence-corrected chi connectivity index (χ3v) is 2.73. The van der Waals surface area contributed by atoms with Crippen molar-refractivity contribution in [2.75, 3.05) is 0 Å². The monoisotopic (exact) mass is 305 g/mol. The van der Waals surface area contributed by atoms with Gasteiger partial charge in [-0.3, -0.25) is 0 Å². The minimum absolute atomic E-state index is 0.189. The summed E-state index contributed by atoms with van der Waals surface area (Å²) < 4.78 is 24.6. The quantitative estimate of drug-likeness (QED) is 0.639. The topological polar surface area (TPSA) is 33.1 Å². The Hall–Kier alpha value is -0.170. The highest BCUT2D eigenvalue weighted by Gasteiger charge is 2.19. The molecule has 0 aliphatic rings. The predicted octanol–water partition coefficient (Wildman–Crippen LogP) is 2.98. The van der Waals surface area contributed by atoms with Crippen molar-refractivity contribution < 1.29 is 13.9 Å². The van der Waals surface area contributed by atoms with Gasteiger partial charge in [0.15, 0.2) is 0 Å². The lowest BCUT2D eigenvalue weighted by Gasteiger charge is -2.05. The molecule has 12 heavy (non-hydrogen) atoms. The van der Waals surface area contributed by atoms with E-state index in [-0.39, 0.29) is 8.72 Å². The van der Waals surface area contributed by atoms with E-state index < -0.39 is 17.7 Å². The Bertz CT molecular complexity index is 308. The van der Waals surface area contributed by atoms with E-state index in [4.69, 9.17) is 16.7 Å². The molecule has 0 atom stereocenters. The molecular weight excluding hydrogens is 302 g/mol. The highest BCUT2D eigenvalue weighted by Crippen LogP contribution is 2.35. The van der Waals surface area contributed by atoms with Gasteiger partial charge in [0.25, 0.3) is 6.43 Å². The molecule has 1 heterocycles. The lowest BCUT2D eigenvalue weighted by atomic mass is 10.2. The number of nitrogens with zero attached hydrogens (tertiary/aromatic N) is 1. The first-order valence-corrected chi connectivity index (χ1v) is 4.30. The number of hydrogen-bond acceptors (Lipinski definition) is 2. The fraction of sp³-hybridized carbons (Fsp3) is 0.167. The molecule has 0 spiro atoms. The van der Waals surface area contributed by atoms with E-state index in [0.717, 1.165) is 6.20 Å². The first-order valence-electron chi connectivity index (χ1n) is 2.85. The second-order valence-corrected chi connectivity index (χ2v) is 3.36. The van der Waals surface area contributed by atoms with Crippen molar-refractivity contribution in [1.29, 1.82) is 0 Å². The van der Waals surface area contributed by atoms with E-state index in [1.54, 1.807) is 22.6 Å². The molecule has 0 unspecified atom stereocenters. The first kappa shape index (κ1) is 9.91. The van der Waals surface area contributed by atoms with Crippen LogP contribution in [0.3, 0.4) is 0 Å². The lowest BCUT2D eigenvalue weighted by molar-refractivity contribution is 0.147. The van der Waals surface area contributed by atoms with Crippen LogP contribution in [-0.4, -0.2) is 10.1 Å². The first-order chi connectivity index (χ1) is 5.54. The molecule has 0 radical (unpaired) electrons. The standard InChI is InChI=1S/C6H3ClF2INO/c7-4-3(5(8)9)2(12)1-11-6(4)10/h1,5,12H. The number of rotatable bonds is 1. The van der Waals surface area contributed by atoms with Crippen molar-refractivity contribution in [3.63, 3.8) is 0 Å². The van der Waals surface area contributed by atoms with Crippen molar-refractivity contribution in [2.45, 2.75) is 6.43 Å². The summed E-state index contributed by atoms with van der Waals surface area (Å²) in [7, 11) is 0. The number of alkyl halides is 2. The zero-order valence-corrected chi connectivity index (χ0v) is 8.47. The van der Waals surface area contributed by atoms with Crippen LogP contribution in [0, 0.1) is 3.70 Å². The summed E-state index contributed by atoms with van der Waals surface area (Å²) in [5.74, 6) is -0.574. The predicted molar refractivity (Wildman–Crippen MR) is 48.6 cm³/mol. The van der Waals surface area contributed by atoms with Crippen LogP contribution in [0.5, 0.6) is 5.75 Å². The molecule has 6 heteroatoms. The summed E-state index contributed by atoms with van der Waals surface area (Å²) in [5, 5.41) is 8.77. The van der Waals surface area contributed by atoms with Gasteiger partial charge in [-0.15, -0.1) is 0 Å². The second-order valence-electron chi connectivity index (χ2n) is 1.96. The summed E-state index contributed by atoms with van der Waals surface area (Å²) in [6.07, 6.45) is -1.83. The van der Waals surface area contributed by atoms with Crippen LogP contribution in [0.2, 0.25) is 5.02 Å². The molecule has 2 nitrogen and oxygen atoms in total. The fourth-order valence-electron chi connectivity index (χ4n) is 0.675. The molecule has 0 amide bonds. The molecule has 0 bridgehead atoms.